The molecule has 2 heterocycles. The summed E-state index contributed by atoms with van der Waals surface area (Å²) < 4.78 is 10.00. The van der Waals surface area contributed by atoms with Crippen molar-refractivity contribution >= 4 is 29.1 Å². The molecule has 1 aliphatic rings. The Bertz CT molecular complexity index is 1170. The first-order valence-electron chi connectivity index (χ1n) is 11.1. The molecule has 2 aromatic rings. The summed E-state index contributed by atoms with van der Waals surface area (Å²) in [5, 5.41) is 14.7. The highest BCUT2D eigenvalue weighted by molar-refractivity contribution is 6.31. The first-order valence-corrected chi connectivity index (χ1v) is 11.4. The van der Waals surface area contributed by atoms with Crippen LogP contribution in [0, 0.1) is 6.92 Å². The number of aliphatic hydroxyl groups excluding tert-OH is 1. The van der Waals surface area contributed by atoms with Crippen molar-refractivity contribution in [3.05, 3.63) is 94.1 Å². The number of hydrogen-bond donors (Lipinski definition) is 1. The second-order valence-corrected chi connectivity index (χ2v) is 8.53. The Balaban J connectivity index is 0.000000367. The molecular formula is C27H31ClN2O5. The van der Waals surface area contributed by atoms with Crippen LogP contribution in [0.2, 0.25) is 0 Å². The van der Waals surface area contributed by atoms with Crippen LogP contribution >= 0.6 is 11.6 Å². The molecule has 0 fully saturated rings. The maximum Gasteiger partial charge on any atom is 0.295 e. The molecular weight excluding hydrogens is 468 g/mol. The second-order valence-electron chi connectivity index (χ2n) is 8.12. The molecule has 0 spiro atoms. The molecule has 0 saturated heterocycles. The molecule has 1 atom stereocenters. The van der Waals surface area contributed by atoms with Crippen LogP contribution in [0.15, 0.2) is 81.8 Å². The molecule has 0 aliphatic carbocycles. The lowest BCUT2D eigenvalue weighted by Crippen LogP contribution is -2.31. The fraction of sp³-hybridized carbons (Fsp3) is 0.296. The quantitative estimate of drug-likeness (QED) is 0.348. The van der Waals surface area contributed by atoms with Gasteiger partial charge in [0, 0.05) is 6.07 Å². The average Bonchev–Trinajstić information content (AvgIpc) is 3.37. The standard InChI is InChI=1S/C19H20N2O4.C8H11ClO/c1-10(2)13-5-7-14(8-6-13)17-16(12(4)22)18(23)19(24)21(17)15-9-11(3)25-20-15;1-4-6-8(10-3)7(9)5-2/h5-10,17,23H,1-4H3;4-6H,1H2,2-3H3/b;7-5+,8-6+. The summed E-state index contributed by atoms with van der Waals surface area (Å²) in [6.45, 7) is 12.6. The number of allylic oxidation sites excluding steroid dienone is 4. The van der Waals surface area contributed by atoms with E-state index in [1.807, 2.05) is 31.2 Å². The number of Topliss-reactive ketones (excluding diaryl/α,β-unsaturated/α-hetero) is 1. The molecule has 1 aliphatic heterocycles. The van der Waals surface area contributed by atoms with Crippen LogP contribution in [0.4, 0.5) is 5.82 Å². The third kappa shape index (κ3) is 6.31. The van der Waals surface area contributed by atoms with E-state index in [-0.39, 0.29) is 17.2 Å². The Hall–Kier alpha value is -3.58. The molecule has 0 bridgehead atoms. The highest BCUT2D eigenvalue weighted by Gasteiger charge is 2.44. The number of anilines is 1. The van der Waals surface area contributed by atoms with E-state index >= 15 is 0 Å². The number of amides is 1. The third-order valence-corrected chi connectivity index (χ3v) is 5.75. The summed E-state index contributed by atoms with van der Waals surface area (Å²) in [4.78, 5) is 26.0. The Kier molecular flexibility index (Phi) is 9.66. The van der Waals surface area contributed by atoms with Gasteiger partial charge in [-0.25, -0.2) is 0 Å². The molecule has 1 aromatic heterocycles. The van der Waals surface area contributed by atoms with Gasteiger partial charge < -0.3 is 14.4 Å². The number of hydrogen-bond acceptors (Lipinski definition) is 6. The minimum atomic E-state index is -0.726. The van der Waals surface area contributed by atoms with Crippen molar-refractivity contribution in [3.8, 4) is 0 Å². The predicted molar refractivity (Wildman–Crippen MR) is 137 cm³/mol. The van der Waals surface area contributed by atoms with Gasteiger partial charge >= 0.3 is 0 Å². The highest BCUT2D eigenvalue weighted by Crippen LogP contribution is 2.40. The first kappa shape index (κ1) is 27.7. The van der Waals surface area contributed by atoms with Gasteiger partial charge in [0.05, 0.1) is 23.8 Å². The zero-order valence-corrected chi connectivity index (χ0v) is 21.6. The fourth-order valence-corrected chi connectivity index (χ4v) is 3.68. The molecule has 0 saturated carbocycles. The van der Waals surface area contributed by atoms with Gasteiger partial charge in [-0.05, 0) is 43.9 Å². The molecule has 1 N–H and O–H groups in total. The lowest BCUT2D eigenvalue weighted by Gasteiger charge is -2.24. The molecule has 1 aromatic carbocycles. The largest absolute Gasteiger partial charge is 0.503 e. The Labute approximate surface area is 211 Å². The van der Waals surface area contributed by atoms with E-state index < -0.39 is 17.7 Å². The van der Waals surface area contributed by atoms with Gasteiger partial charge in [0.1, 0.15) is 11.5 Å². The number of methoxy groups -OCH3 is 1. The van der Waals surface area contributed by atoms with E-state index in [0.717, 1.165) is 11.1 Å². The average molecular weight is 499 g/mol. The minimum Gasteiger partial charge on any atom is -0.503 e. The molecule has 35 heavy (non-hydrogen) atoms. The van der Waals surface area contributed by atoms with Gasteiger partial charge in [-0.2, -0.15) is 0 Å². The minimum absolute atomic E-state index is 0.0722. The molecule has 7 nitrogen and oxygen atoms in total. The van der Waals surface area contributed by atoms with Crippen molar-refractivity contribution < 1.29 is 24.0 Å². The summed E-state index contributed by atoms with van der Waals surface area (Å²) in [5.74, 6) is 0.258. The molecule has 3 rings (SSSR count). The Morgan fingerprint density at radius 2 is 1.94 bits per heavy atom. The number of aryl methyl sites for hydroxylation is 1. The van der Waals surface area contributed by atoms with Crippen LogP contribution in [-0.2, 0) is 14.3 Å². The van der Waals surface area contributed by atoms with Crippen LogP contribution in [0.3, 0.4) is 0 Å². The number of nitrogens with zero attached hydrogens (tertiary/aromatic N) is 2. The summed E-state index contributed by atoms with van der Waals surface area (Å²) in [6.07, 6.45) is 5.10. The zero-order valence-electron chi connectivity index (χ0n) is 20.8. The zero-order chi connectivity index (χ0) is 26.3. The van der Waals surface area contributed by atoms with E-state index in [0.29, 0.717) is 22.5 Å². The number of ether oxygens (including phenoxy) is 1. The topological polar surface area (TPSA) is 92.9 Å². The van der Waals surface area contributed by atoms with Crippen molar-refractivity contribution in [2.45, 2.75) is 46.6 Å². The van der Waals surface area contributed by atoms with Crippen LogP contribution in [0.25, 0.3) is 0 Å². The maximum atomic E-state index is 12.6. The van der Waals surface area contributed by atoms with Crippen molar-refractivity contribution in [3.63, 3.8) is 0 Å². The Morgan fingerprint density at radius 1 is 1.31 bits per heavy atom. The number of benzene rings is 1. The number of aromatic nitrogens is 1. The van der Waals surface area contributed by atoms with Crippen molar-refractivity contribution in [2.75, 3.05) is 12.0 Å². The van der Waals surface area contributed by atoms with Gasteiger partial charge in [0.25, 0.3) is 5.91 Å². The number of halogens is 1. The monoisotopic (exact) mass is 498 g/mol. The van der Waals surface area contributed by atoms with E-state index in [1.165, 1.54) is 11.8 Å². The van der Waals surface area contributed by atoms with Crippen molar-refractivity contribution in [1.82, 2.24) is 5.16 Å². The van der Waals surface area contributed by atoms with Crippen LogP contribution < -0.4 is 4.90 Å². The maximum absolute atomic E-state index is 12.6. The summed E-state index contributed by atoms with van der Waals surface area (Å²) in [7, 11) is 1.57. The van der Waals surface area contributed by atoms with E-state index in [4.69, 9.17) is 20.9 Å². The number of carbonyl (C=O) groups is 2. The molecule has 1 unspecified atom stereocenters. The van der Waals surface area contributed by atoms with Gasteiger partial charge in [-0.1, -0.05) is 73.6 Å². The SMILES string of the molecule is C=C/C=C(OC)\C(Cl)=C/C.CC(=O)C1=C(O)C(=O)N(c2cc(C)on2)C1c1ccc(C(C)C)cc1. The molecule has 0 radical (unpaired) electrons. The number of aliphatic hydroxyl groups is 1. The molecule has 1 amide bonds. The Morgan fingerprint density at radius 3 is 2.37 bits per heavy atom. The second kappa shape index (κ2) is 12.2. The number of rotatable bonds is 7. The lowest BCUT2D eigenvalue weighted by atomic mass is 9.94. The summed E-state index contributed by atoms with van der Waals surface area (Å²) >= 11 is 5.73. The van der Waals surface area contributed by atoms with Crippen molar-refractivity contribution in [1.29, 1.82) is 0 Å². The predicted octanol–water partition coefficient (Wildman–Crippen LogP) is 6.44. The fourth-order valence-electron chi connectivity index (χ4n) is 3.54. The summed E-state index contributed by atoms with van der Waals surface area (Å²) in [6, 6.07) is 8.54. The van der Waals surface area contributed by atoms with E-state index in [2.05, 4.69) is 25.6 Å². The molecule has 8 heteroatoms. The van der Waals surface area contributed by atoms with Crippen LogP contribution in [-0.4, -0.2) is 29.1 Å². The van der Waals surface area contributed by atoms with Crippen molar-refractivity contribution in [2.24, 2.45) is 0 Å². The number of carbonyl (C=O) groups excluding carboxylic acids is 2. The lowest BCUT2D eigenvalue weighted by molar-refractivity contribution is -0.117. The van der Waals surface area contributed by atoms with Crippen LogP contribution in [0.1, 0.15) is 56.5 Å². The smallest absolute Gasteiger partial charge is 0.295 e. The van der Waals surface area contributed by atoms with Gasteiger partial charge in [-0.3, -0.25) is 14.5 Å². The van der Waals surface area contributed by atoms with E-state index in [1.54, 1.807) is 38.3 Å². The third-order valence-electron chi connectivity index (χ3n) is 5.35. The van der Waals surface area contributed by atoms with Gasteiger partial charge in [0.15, 0.2) is 17.4 Å². The number of ketones is 1. The van der Waals surface area contributed by atoms with E-state index in [9.17, 15) is 14.7 Å². The normalized spacial score (nSPS) is 16.4. The van der Waals surface area contributed by atoms with Crippen LogP contribution in [0.5, 0.6) is 0 Å². The highest BCUT2D eigenvalue weighted by atomic mass is 35.5. The van der Waals surface area contributed by atoms with Gasteiger partial charge in [-0.15, -0.1) is 0 Å². The van der Waals surface area contributed by atoms with Gasteiger partial charge in [0.2, 0.25) is 0 Å². The first-order chi connectivity index (χ1) is 16.6. The molecule has 186 valence electrons. The summed E-state index contributed by atoms with van der Waals surface area (Å²) in [5.41, 5.74) is 1.95.